The quantitative estimate of drug-likeness (QED) is 0.521. The Morgan fingerprint density at radius 2 is 2.09 bits per heavy atom. The van der Waals surface area contributed by atoms with Crippen molar-refractivity contribution in [2.75, 3.05) is 12.4 Å². The molecular weight excluding hydrogens is 200 g/mol. The fourth-order valence-corrected chi connectivity index (χ4v) is 0.591. The molecule has 0 aliphatic heterocycles. The van der Waals surface area contributed by atoms with Crippen LogP contribution in [-0.4, -0.2) is 31.5 Å². The molecule has 8 heteroatoms. The summed E-state index contributed by atoms with van der Waals surface area (Å²) in [4.78, 5) is 10.0. The van der Waals surface area contributed by atoms with E-state index in [-0.39, 0.29) is 0 Å². The molecule has 66 valence electrons. The van der Waals surface area contributed by atoms with Gasteiger partial charge in [-0.3, -0.25) is 4.55 Å². The molecule has 0 amide bonds. The largest absolute Gasteiger partial charge is 0.526 e. The number of rotatable bonds is 3. The van der Waals surface area contributed by atoms with Crippen LogP contribution in [0.2, 0.25) is 0 Å². The van der Waals surface area contributed by atoms with Crippen molar-refractivity contribution in [1.82, 2.24) is 0 Å². The number of hydrogen-bond acceptors (Lipinski definition) is 5. The molecule has 0 aliphatic carbocycles. The molecule has 0 saturated heterocycles. The van der Waals surface area contributed by atoms with Gasteiger partial charge in [0.2, 0.25) is 0 Å². The van der Waals surface area contributed by atoms with E-state index in [4.69, 9.17) is 4.55 Å². The molecule has 0 fully saturated rings. The minimum atomic E-state index is -4.10. The van der Waals surface area contributed by atoms with Gasteiger partial charge in [-0.25, -0.2) is 4.79 Å². The summed E-state index contributed by atoms with van der Waals surface area (Å²) in [6.45, 7) is -0.496. The summed E-state index contributed by atoms with van der Waals surface area (Å²) < 4.78 is 35.6. The van der Waals surface area contributed by atoms with Crippen LogP contribution in [0.3, 0.4) is 0 Å². The summed E-state index contributed by atoms with van der Waals surface area (Å²) >= 11 is 4.52. The maximum absolute atomic E-state index is 10.0. The van der Waals surface area contributed by atoms with Crippen molar-refractivity contribution in [3.05, 3.63) is 0 Å². The topological polar surface area (TPSA) is 89.9 Å². The fraction of sp³-hybridized carbons (Fsp3) is 0.667. The average Bonchev–Trinajstić information content (AvgIpc) is 1.85. The van der Waals surface area contributed by atoms with E-state index in [1.807, 2.05) is 0 Å². The molecule has 0 aromatic heterocycles. The molecule has 0 aromatic rings. The highest BCUT2D eigenvalue weighted by molar-refractivity contribution is 7.85. The molecule has 0 spiro atoms. The Morgan fingerprint density at radius 1 is 1.55 bits per heavy atom. The van der Waals surface area contributed by atoms with Gasteiger partial charge in [0.25, 0.3) is 10.1 Å². The number of carbonyl (C=O) groups is 1. The summed E-state index contributed by atoms with van der Waals surface area (Å²) in [6.07, 6.45) is -1.21. The Labute approximate surface area is 68.0 Å². The first-order valence-corrected chi connectivity index (χ1v) is 4.28. The third-order valence-corrected chi connectivity index (χ3v) is 1.43. The molecule has 0 atom stereocenters. The van der Waals surface area contributed by atoms with Gasteiger partial charge in [-0.15, -0.1) is 0 Å². The normalized spacial score (nSPS) is 10.7. The minimum Gasteiger partial charge on any atom is -0.432 e. The summed E-state index contributed by atoms with van der Waals surface area (Å²) in [5.74, 6) is -0.682. The Balaban J connectivity index is 3.51. The van der Waals surface area contributed by atoms with E-state index in [1.54, 1.807) is 0 Å². The van der Waals surface area contributed by atoms with E-state index in [9.17, 15) is 13.2 Å². The zero-order valence-electron chi connectivity index (χ0n) is 5.19. The highest BCUT2D eigenvalue weighted by Crippen LogP contribution is 1.89. The number of ether oxygens (including phenoxy) is 1. The van der Waals surface area contributed by atoms with Crippen molar-refractivity contribution in [3.63, 3.8) is 0 Å². The first-order valence-electron chi connectivity index (χ1n) is 2.36. The zero-order valence-corrected chi connectivity index (χ0v) is 6.76. The van der Waals surface area contributed by atoms with Gasteiger partial charge in [0.1, 0.15) is 24.2 Å². The predicted octanol–water partition coefficient (Wildman–Crippen LogP) is 0.181. The molecule has 0 heterocycles. The summed E-state index contributed by atoms with van der Waals surface area (Å²) in [5.41, 5.74) is 0. The van der Waals surface area contributed by atoms with Gasteiger partial charge in [-0.2, -0.15) is 8.42 Å². The van der Waals surface area contributed by atoms with Gasteiger partial charge in [-0.1, -0.05) is 0 Å². The second-order valence-corrected chi connectivity index (χ2v) is 3.19. The van der Waals surface area contributed by atoms with Crippen LogP contribution in [0.15, 0.2) is 0 Å². The molecule has 1 N–H and O–H groups in total. The van der Waals surface area contributed by atoms with Crippen molar-refractivity contribution in [2.24, 2.45) is 0 Å². The van der Waals surface area contributed by atoms with E-state index in [1.165, 1.54) is 0 Å². The third-order valence-electron chi connectivity index (χ3n) is 0.624. The smallest absolute Gasteiger partial charge is 0.432 e. The average molecular weight is 205 g/mol. The predicted molar refractivity (Wildman–Crippen MR) is 34.7 cm³/mol. The standard InChI is InChI=1S/C3H5ClO6S/c4-10-3(5)9-1-2-11(6,7)8/h1-2H2,(H,6,7,8). The minimum absolute atomic E-state index is 0.496. The Morgan fingerprint density at radius 3 is 2.45 bits per heavy atom. The van der Waals surface area contributed by atoms with Gasteiger partial charge in [0.15, 0.2) is 0 Å². The summed E-state index contributed by atoms with van der Waals surface area (Å²) in [5, 5.41) is 0. The number of carbonyl (C=O) groups excluding carboxylic acids is 1. The summed E-state index contributed by atoms with van der Waals surface area (Å²) in [7, 11) is -4.10. The zero-order chi connectivity index (χ0) is 8.91. The van der Waals surface area contributed by atoms with Crippen molar-refractivity contribution in [2.45, 2.75) is 0 Å². The monoisotopic (exact) mass is 204 g/mol. The van der Waals surface area contributed by atoms with Crippen LogP contribution in [0.25, 0.3) is 0 Å². The van der Waals surface area contributed by atoms with E-state index in [0.29, 0.717) is 0 Å². The van der Waals surface area contributed by atoms with Crippen LogP contribution in [-0.2, 0) is 19.1 Å². The number of hydrogen-bond donors (Lipinski definition) is 1. The SMILES string of the molecule is O=C(OCl)OCCS(=O)(=O)O. The van der Waals surface area contributed by atoms with Gasteiger partial charge < -0.3 is 9.03 Å². The third kappa shape index (κ3) is 7.37. The van der Waals surface area contributed by atoms with Crippen LogP contribution >= 0.6 is 11.9 Å². The lowest BCUT2D eigenvalue weighted by Gasteiger charge is -1.97. The molecule has 0 bridgehead atoms. The fourth-order valence-electron chi connectivity index (χ4n) is 0.253. The van der Waals surface area contributed by atoms with Crippen molar-refractivity contribution < 1.29 is 26.8 Å². The molecule has 0 aliphatic rings. The molecule has 6 nitrogen and oxygen atoms in total. The van der Waals surface area contributed by atoms with Gasteiger partial charge in [-0.05, 0) is 0 Å². The van der Waals surface area contributed by atoms with Gasteiger partial charge >= 0.3 is 6.16 Å². The molecule has 0 radical (unpaired) electrons. The van der Waals surface area contributed by atoms with Crippen LogP contribution < -0.4 is 0 Å². The van der Waals surface area contributed by atoms with Gasteiger partial charge in [0.05, 0.1) is 0 Å². The second kappa shape index (κ2) is 4.37. The van der Waals surface area contributed by atoms with Crippen molar-refractivity contribution in [3.8, 4) is 0 Å². The van der Waals surface area contributed by atoms with E-state index >= 15 is 0 Å². The van der Waals surface area contributed by atoms with Crippen molar-refractivity contribution in [1.29, 1.82) is 0 Å². The van der Waals surface area contributed by atoms with Crippen LogP contribution in [0, 0.1) is 0 Å². The maximum Gasteiger partial charge on any atom is 0.526 e. The molecule has 0 aromatic carbocycles. The Kier molecular flexibility index (Phi) is 4.16. The first-order chi connectivity index (χ1) is 4.95. The lowest BCUT2D eigenvalue weighted by atomic mass is 10.9. The molecule has 0 unspecified atom stereocenters. The Hall–Kier alpha value is -0.530. The number of halogens is 1. The van der Waals surface area contributed by atoms with Gasteiger partial charge in [0, 0.05) is 0 Å². The summed E-state index contributed by atoms with van der Waals surface area (Å²) in [6, 6.07) is 0. The molecular formula is C3H5ClO6S. The molecule has 0 rings (SSSR count). The molecule has 11 heavy (non-hydrogen) atoms. The van der Waals surface area contributed by atoms with E-state index in [2.05, 4.69) is 20.9 Å². The van der Waals surface area contributed by atoms with Crippen LogP contribution in [0.4, 0.5) is 4.79 Å². The first kappa shape index (κ1) is 10.5. The lowest BCUT2D eigenvalue weighted by Crippen LogP contribution is -2.13. The highest BCUT2D eigenvalue weighted by atomic mass is 35.5. The van der Waals surface area contributed by atoms with Crippen LogP contribution in [0.5, 0.6) is 0 Å². The van der Waals surface area contributed by atoms with E-state index < -0.39 is 28.6 Å². The second-order valence-electron chi connectivity index (χ2n) is 1.46. The Bertz CT molecular complexity index is 220. The maximum atomic E-state index is 10.0. The molecule has 0 saturated carbocycles. The van der Waals surface area contributed by atoms with Crippen LogP contribution in [0.1, 0.15) is 0 Å². The van der Waals surface area contributed by atoms with E-state index in [0.717, 1.165) is 0 Å². The van der Waals surface area contributed by atoms with Crippen molar-refractivity contribution >= 4 is 28.1 Å². The highest BCUT2D eigenvalue weighted by Gasteiger charge is 2.07. The lowest BCUT2D eigenvalue weighted by molar-refractivity contribution is 0.108.